The highest BCUT2D eigenvalue weighted by Crippen LogP contribution is 2.59. The van der Waals surface area contributed by atoms with Crippen LogP contribution in [0.15, 0.2) is 12.1 Å². The van der Waals surface area contributed by atoms with Gasteiger partial charge in [-0.3, -0.25) is 43.9 Å². The van der Waals surface area contributed by atoms with Gasteiger partial charge in [-0.1, -0.05) is 27.7 Å². The van der Waals surface area contributed by atoms with Crippen LogP contribution >= 0.6 is 0 Å². The number of likely N-dealkylation sites (tertiary alicyclic amines) is 1. The SMILES string of the molecule is CC1(C)CC(C)(C)C1NC(=O)C12CCC(C(=O)N3CCC(CN4Cc5cc6c(cc5C4)C(=O)N(C4CCC(=O)NC4=O)C6=O)CC3)(CC1)CC2. The molecule has 2 bridgehead atoms. The number of fused-ring (bicyclic) bond motifs is 5. The zero-order valence-electron chi connectivity index (χ0n) is 30.0. The first-order valence-corrected chi connectivity index (χ1v) is 18.8. The van der Waals surface area contributed by atoms with Crippen LogP contribution in [0.25, 0.3) is 0 Å². The summed E-state index contributed by atoms with van der Waals surface area (Å²) in [5, 5.41) is 5.72. The molecule has 9 rings (SSSR count). The first-order chi connectivity index (χ1) is 23.6. The van der Waals surface area contributed by atoms with E-state index in [0.29, 0.717) is 36.0 Å². The van der Waals surface area contributed by atoms with E-state index in [0.717, 1.165) is 93.4 Å². The summed E-state index contributed by atoms with van der Waals surface area (Å²) in [6.45, 7) is 12.8. The van der Waals surface area contributed by atoms with Crippen LogP contribution in [0, 0.1) is 27.6 Å². The molecule has 1 atom stereocenters. The lowest BCUT2D eigenvalue weighted by atomic mass is 9.50. The monoisotopic (exact) mass is 685 g/mol. The van der Waals surface area contributed by atoms with Gasteiger partial charge in [-0.15, -0.1) is 0 Å². The summed E-state index contributed by atoms with van der Waals surface area (Å²) in [5.41, 5.74) is 2.33. The molecule has 2 N–H and O–H groups in total. The number of hydrogen-bond acceptors (Lipinski definition) is 7. The Morgan fingerprint density at radius 1 is 0.800 bits per heavy atom. The topological polar surface area (TPSA) is 136 Å². The van der Waals surface area contributed by atoms with Crippen molar-refractivity contribution in [2.45, 2.75) is 123 Å². The maximum Gasteiger partial charge on any atom is 0.262 e. The fraction of sp³-hybridized carbons (Fsp3) is 0.692. The number of nitrogens with zero attached hydrogens (tertiary/aromatic N) is 3. The minimum Gasteiger partial charge on any atom is -0.352 e. The third-order valence-electron chi connectivity index (χ3n) is 13.9. The highest BCUT2D eigenvalue weighted by molar-refractivity contribution is 6.23. The van der Waals surface area contributed by atoms with Gasteiger partial charge >= 0.3 is 0 Å². The second-order valence-corrected chi connectivity index (χ2v) is 18.1. The number of hydrogen-bond donors (Lipinski definition) is 2. The summed E-state index contributed by atoms with van der Waals surface area (Å²) in [4.78, 5) is 83.8. The fourth-order valence-corrected chi connectivity index (χ4v) is 11.4. The van der Waals surface area contributed by atoms with Crippen molar-refractivity contribution in [2.24, 2.45) is 27.6 Å². The number of nitrogens with one attached hydrogen (secondary N) is 2. The number of piperidine rings is 2. The third kappa shape index (κ3) is 5.23. The van der Waals surface area contributed by atoms with Gasteiger partial charge in [0.15, 0.2) is 0 Å². The molecule has 0 spiro atoms. The first kappa shape index (κ1) is 33.5. The van der Waals surface area contributed by atoms with E-state index in [-0.39, 0.29) is 52.4 Å². The zero-order valence-corrected chi connectivity index (χ0v) is 30.0. The van der Waals surface area contributed by atoms with Crippen LogP contribution in [0.3, 0.4) is 0 Å². The summed E-state index contributed by atoms with van der Waals surface area (Å²) in [6, 6.07) is 2.87. The van der Waals surface area contributed by atoms with E-state index in [4.69, 9.17) is 0 Å². The second kappa shape index (κ2) is 11.5. The maximum absolute atomic E-state index is 14.0. The Morgan fingerprint density at radius 2 is 1.34 bits per heavy atom. The lowest BCUT2D eigenvalue weighted by Gasteiger charge is -2.59. The number of rotatable bonds is 6. The quantitative estimate of drug-likeness (QED) is 0.434. The number of carbonyl (C=O) groups is 6. The summed E-state index contributed by atoms with van der Waals surface area (Å²) in [5.74, 6) is -0.951. The van der Waals surface area contributed by atoms with Crippen LogP contribution in [-0.4, -0.2) is 81.9 Å². The third-order valence-corrected chi connectivity index (χ3v) is 13.9. The molecule has 4 aliphatic carbocycles. The molecule has 8 aliphatic rings. The highest BCUT2D eigenvalue weighted by Gasteiger charge is 2.59. The van der Waals surface area contributed by atoms with E-state index in [2.05, 4.69) is 48.1 Å². The zero-order chi connectivity index (χ0) is 35.4. The molecule has 4 aliphatic heterocycles. The average Bonchev–Trinajstić information content (AvgIpc) is 3.58. The second-order valence-electron chi connectivity index (χ2n) is 18.1. The average molecular weight is 686 g/mol. The van der Waals surface area contributed by atoms with Gasteiger partial charge in [0.1, 0.15) is 6.04 Å². The molecule has 1 aromatic rings. The first-order valence-electron chi connectivity index (χ1n) is 18.8. The fourth-order valence-electron chi connectivity index (χ4n) is 11.4. The largest absolute Gasteiger partial charge is 0.352 e. The summed E-state index contributed by atoms with van der Waals surface area (Å²) >= 11 is 0. The minimum absolute atomic E-state index is 0.0991. The Labute approximate surface area is 294 Å². The Hall–Kier alpha value is -3.60. The van der Waals surface area contributed by atoms with Gasteiger partial charge in [0.25, 0.3) is 11.8 Å². The van der Waals surface area contributed by atoms with Gasteiger partial charge < -0.3 is 10.2 Å². The van der Waals surface area contributed by atoms with Gasteiger partial charge in [0, 0.05) is 56.0 Å². The van der Waals surface area contributed by atoms with Crippen molar-refractivity contribution < 1.29 is 28.8 Å². The van der Waals surface area contributed by atoms with E-state index < -0.39 is 23.8 Å². The van der Waals surface area contributed by atoms with E-state index in [9.17, 15) is 28.8 Å². The molecule has 11 nitrogen and oxygen atoms in total. The molecule has 0 radical (unpaired) electrons. The van der Waals surface area contributed by atoms with Crippen LogP contribution in [-0.2, 0) is 32.3 Å². The summed E-state index contributed by atoms with van der Waals surface area (Å²) in [6.07, 6.45) is 8.09. The Bertz CT molecular complexity index is 1620. The predicted octanol–water partition coefficient (Wildman–Crippen LogP) is 3.92. The Morgan fingerprint density at radius 3 is 1.86 bits per heavy atom. The van der Waals surface area contributed by atoms with Gasteiger partial charge in [0.2, 0.25) is 23.6 Å². The van der Waals surface area contributed by atoms with E-state index in [1.165, 1.54) is 0 Å². The van der Waals surface area contributed by atoms with Crippen LogP contribution in [0.4, 0.5) is 0 Å². The standard InChI is InChI=1S/C39H51N5O6/c1-36(2)22-37(3,4)33(36)41-34(49)38-9-12-39(13-10-38,14-11-38)35(50)43-15-7-23(8-16-43)19-42-20-24-17-26-27(18-25(24)21-42)32(48)44(31(26)47)28-5-6-29(45)40-30(28)46/h17-18,23,28,33H,5-16,19-22H2,1-4H3,(H,41,49)(H,40,45,46). The van der Waals surface area contributed by atoms with Crippen molar-refractivity contribution in [3.63, 3.8) is 0 Å². The summed E-state index contributed by atoms with van der Waals surface area (Å²) in [7, 11) is 0. The molecule has 6 fully saturated rings. The van der Waals surface area contributed by atoms with Crippen LogP contribution in [0.2, 0.25) is 0 Å². The van der Waals surface area contributed by atoms with E-state index in [1.807, 2.05) is 12.1 Å². The normalized spacial score (nSPS) is 32.1. The van der Waals surface area contributed by atoms with Crippen LogP contribution < -0.4 is 10.6 Å². The Kier molecular flexibility index (Phi) is 7.68. The van der Waals surface area contributed by atoms with Crippen LogP contribution in [0.1, 0.15) is 130 Å². The number of amides is 6. The van der Waals surface area contributed by atoms with E-state index >= 15 is 0 Å². The molecule has 0 aromatic heterocycles. The number of carbonyl (C=O) groups excluding carboxylic acids is 6. The van der Waals surface area contributed by atoms with Crippen molar-refractivity contribution in [2.75, 3.05) is 19.6 Å². The molecule has 268 valence electrons. The van der Waals surface area contributed by atoms with Crippen molar-refractivity contribution in [1.29, 1.82) is 0 Å². The van der Waals surface area contributed by atoms with Crippen molar-refractivity contribution in [3.05, 3.63) is 34.4 Å². The molecular weight excluding hydrogens is 634 g/mol. The molecule has 4 saturated carbocycles. The molecular formula is C39H51N5O6. The number of imide groups is 2. The van der Waals surface area contributed by atoms with E-state index in [1.54, 1.807) is 0 Å². The lowest BCUT2D eigenvalue weighted by molar-refractivity contribution is -0.161. The predicted molar refractivity (Wildman–Crippen MR) is 183 cm³/mol. The molecule has 1 aromatic carbocycles. The van der Waals surface area contributed by atoms with Gasteiger partial charge in [-0.2, -0.15) is 0 Å². The molecule has 2 saturated heterocycles. The van der Waals surface area contributed by atoms with Gasteiger partial charge in [-0.25, -0.2) is 0 Å². The minimum atomic E-state index is -0.961. The highest BCUT2D eigenvalue weighted by atomic mass is 16.2. The summed E-state index contributed by atoms with van der Waals surface area (Å²) < 4.78 is 0. The van der Waals surface area contributed by atoms with Crippen molar-refractivity contribution in [3.8, 4) is 0 Å². The number of benzene rings is 1. The molecule has 4 heterocycles. The van der Waals surface area contributed by atoms with Crippen molar-refractivity contribution >= 4 is 35.4 Å². The lowest BCUT2D eigenvalue weighted by Crippen LogP contribution is -2.66. The van der Waals surface area contributed by atoms with Crippen LogP contribution in [0.5, 0.6) is 0 Å². The van der Waals surface area contributed by atoms with Gasteiger partial charge in [0.05, 0.1) is 11.1 Å². The van der Waals surface area contributed by atoms with Crippen molar-refractivity contribution in [1.82, 2.24) is 25.3 Å². The molecule has 6 amide bonds. The maximum atomic E-state index is 14.0. The molecule has 11 heteroatoms. The molecule has 1 unspecified atom stereocenters. The van der Waals surface area contributed by atoms with Gasteiger partial charge in [-0.05, 0) is 104 Å². The molecule has 50 heavy (non-hydrogen) atoms. The Balaban J connectivity index is 0.831. The smallest absolute Gasteiger partial charge is 0.262 e.